The van der Waals surface area contributed by atoms with Gasteiger partial charge in [-0.05, 0) is 53.4 Å². The number of aromatic nitrogens is 6. The predicted molar refractivity (Wildman–Crippen MR) is 137 cm³/mol. The van der Waals surface area contributed by atoms with Crippen LogP contribution >= 0.6 is 0 Å². The van der Waals surface area contributed by atoms with E-state index in [0.717, 1.165) is 45.6 Å². The second kappa shape index (κ2) is 10.3. The highest BCUT2D eigenvalue weighted by Gasteiger charge is 2.14. The van der Waals surface area contributed by atoms with Crippen LogP contribution in [0.4, 0.5) is 5.69 Å². The van der Waals surface area contributed by atoms with Crippen molar-refractivity contribution in [2.75, 3.05) is 11.9 Å². The van der Waals surface area contributed by atoms with Gasteiger partial charge in [0.05, 0.1) is 17.8 Å². The molecule has 5 aromatic rings. The molecule has 0 unspecified atom stereocenters. The molecule has 180 valence electrons. The SMILES string of the molecule is CCOC(=O)c1ccc2nc(CC)cc(NCc3ccc(-c4ccccc4-c4nn[nH]n4)cc3)c2n1. The lowest BCUT2D eigenvalue weighted by Crippen LogP contribution is -2.09. The van der Waals surface area contributed by atoms with Gasteiger partial charge in [0.1, 0.15) is 11.2 Å². The highest BCUT2D eigenvalue weighted by molar-refractivity contribution is 5.94. The van der Waals surface area contributed by atoms with Crippen LogP contribution in [0.5, 0.6) is 0 Å². The quantitative estimate of drug-likeness (QED) is 0.304. The fourth-order valence-corrected chi connectivity index (χ4v) is 4.00. The Morgan fingerprint density at radius 2 is 1.78 bits per heavy atom. The number of ether oxygens (including phenoxy) is 1. The van der Waals surface area contributed by atoms with E-state index in [1.54, 1.807) is 13.0 Å². The maximum absolute atomic E-state index is 12.2. The first kappa shape index (κ1) is 23.1. The number of hydrogen-bond acceptors (Lipinski definition) is 8. The van der Waals surface area contributed by atoms with Gasteiger partial charge in [-0.3, -0.25) is 4.98 Å². The molecule has 0 bridgehead atoms. The van der Waals surface area contributed by atoms with Crippen molar-refractivity contribution in [2.45, 2.75) is 26.8 Å². The predicted octanol–water partition coefficient (Wildman–Crippen LogP) is 4.83. The smallest absolute Gasteiger partial charge is 0.356 e. The van der Waals surface area contributed by atoms with E-state index in [9.17, 15) is 4.79 Å². The molecule has 0 amide bonds. The van der Waals surface area contributed by atoms with E-state index in [4.69, 9.17) is 4.74 Å². The third-order valence-corrected chi connectivity index (χ3v) is 5.81. The molecule has 0 radical (unpaired) electrons. The number of hydrogen-bond donors (Lipinski definition) is 2. The van der Waals surface area contributed by atoms with Gasteiger partial charge in [0.2, 0.25) is 5.82 Å². The Bertz CT molecular complexity index is 1500. The lowest BCUT2D eigenvalue weighted by atomic mass is 9.98. The van der Waals surface area contributed by atoms with Crippen molar-refractivity contribution in [3.63, 3.8) is 0 Å². The van der Waals surface area contributed by atoms with Crippen LogP contribution in [0.3, 0.4) is 0 Å². The van der Waals surface area contributed by atoms with Crippen molar-refractivity contribution in [3.8, 4) is 22.5 Å². The van der Waals surface area contributed by atoms with Crippen LogP contribution in [-0.4, -0.2) is 43.2 Å². The molecule has 36 heavy (non-hydrogen) atoms. The third kappa shape index (κ3) is 4.76. The van der Waals surface area contributed by atoms with E-state index in [0.29, 0.717) is 24.5 Å². The van der Waals surface area contributed by atoms with Gasteiger partial charge in [-0.1, -0.05) is 55.5 Å². The Balaban J connectivity index is 1.40. The number of anilines is 1. The van der Waals surface area contributed by atoms with Crippen molar-refractivity contribution >= 4 is 22.7 Å². The number of benzene rings is 2. The maximum Gasteiger partial charge on any atom is 0.356 e. The number of nitrogens with zero attached hydrogens (tertiary/aromatic N) is 5. The van der Waals surface area contributed by atoms with Gasteiger partial charge in [-0.15, -0.1) is 10.2 Å². The number of carbonyl (C=O) groups is 1. The number of carbonyl (C=O) groups excluding carboxylic acids is 1. The van der Waals surface area contributed by atoms with Crippen LogP contribution in [-0.2, 0) is 17.7 Å². The van der Waals surface area contributed by atoms with E-state index in [-0.39, 0.29) is 5.69 Å². The fourth-order valence-electron chi connectivity index (χ4n) is 4.00. The largest absolute Gasteiger partial charge is 0.461 e. The molecule has 2 aromatic carbocycles. The van der Waals surface area contributed by atoms with E-state index in [1.807, 2.05) is 36.4 Å². The Kier molecular flexibility index (Phi) is 6.61. The van der Waals surface area contributed by atoms with Gasteiger partial charge in [0.25, 0.3) is 0 Å². The maximum atomic E-state index is 12.2. The topological polar surface area (TPSA) is 119 Å². The Labute approximate surface area is 208 Å². The van der Waals surface area contributed by atoms with Gasteiger partial charge in [0.15, 0.2) is 0 Å². The summed E-state index contributed by atoms with van der Waals surface area (Å²) in [6.45, 7) is 4.71. The van der Waals surface area contributed by atoms with Crippen LogP contribution in [0, 0.1) is 0 Å². The van der Waals surface area contributed by atoms with Crippen molar-refractivity contribution in [1.29, 1.82) is 0 Å². The summed E-state index contributed by atoms with van der Waals surface area (Å²) in [6.07, 6.45) is 0.790. The van der Waals surface area contributed by atoms with Gasteiger partial charge in [-0.2, -0.15) is 5.21 Å². The summed E-state index contributed by atoms with van der Waals surface area (Å²) in [7, 11) is 0. The number of nitrogens with one attached hydrogen (secondary N) is 2. The van der Waals surface area contributed by atoms with Crippen LogP contribution < -0.4 is 5.32 Å². The van der Waals surface area contributed by atoms with Crippen molar-refractivity contribution < 1.29 is 9.53 Å². The molecule has 0 aliphatic carbocycles. The summed E-state index contributed by atoms with van der Waals surface area (Å²) < 4.78 is 5.12. The average Bonchev–Trinajstić information content (AvgIpc) is 3.47. The molecule has 3 aromatic heterocycles. The molecule has 0 atom stereocenters. The van der Waals surface area contributed by atoms with E-state index in [1.165, 1.54) is 0 Å². The molecule has 0 saturated heterocycles. The second-order valence-corrected chi connectivity index (χ2v) is 8.13. The number of esters is 1. The standard InChI is InChI=1S/C27H25N7O2/c1-3-19-15-24(25-22(29-19)13-14-23(30-25)27(35)36-4-2)28-16-17-9-11-18(12-10-17)20-7-5-6-8-21(20)26-31-33-34-32-26/h5-15H,3-4,16H2,1-2H3,(H,28,29)(H,31,32,33,34). The number of H-pyrrole nitrogens is 1. The zero-order valence-electron chi connectivity index (χ0n) is 20.0. The summed E-state index contributed by atoms with van der Waals surface area (Å²) in [4.78, 5) is 21.4. The molecule has 9 heteroatoms. The second-order valence-electron chi connectivity index (χ2n) is 8.13. The summed E-state index contributed by atoms with van der Waals surface area (Å²) >= 11 is 0. The zero-order chi connectivity index (χ0) is 24.9. The van der Waals surface area contributed by atoms with Gasteiger partial charge < -0.3 is 10.1 Å². The first-order chi connectivity index (χ1) is 17.7. The summed E-state index contributed by atoms with van der Waals surface area (Å²) in [5, 5.41) is 17.9. The summed E-state index contributed by atoms with van der Waals surface area (Å²) in [5.41, 5.74) is 7.52. The molecule has 2 N–H and O–H groups in total. The molecule has 0 saturated carbocycles. The van der Waals surface area contributed by atoms with E-state index < -0.39 is 5.97 Å². The molecule has 0 fully saturated rings. The lowest BCUT2D eigenvalue weighted by molar-refractivity contribution is 0.0520. The minimum absolute atomic E-state index is 0.267. The molecular weight excluding hydrogens is 454 g/mol. The number of pyridine rings is 2. The molecule has 9 nitrogen and oxygen atoms in total. The molecule has 3 heterocycles. The first-order valence-corrected chi connectivity index (χ1v) is 11.8. The van der Waals surface area contributed by atoms with Gasteiger partial charge in [-0.25, -0.2) is 9.78 Å². The molecular formula is C27H25N7O2. The van der Waals surface area contributed by atoms with Crippen molar-refractivity contribution in [1.82, 2.24) is 30.6 Å². The zero-order valence-corrected chi connectivity index (χ0v) is 20.0. The Morgan fingerprint density at radius 3 is 2.50 bits per heavy atom. The van der Waals surface area contributed by atoms with Crippen molar-refractivity contribution in [3.05, 3.63) is 83.7 Å². The molecule has 0 aliphatic heterocycles. The monoisotopic (exact) mass is 479 g/mol. The number of aromatic amines is 1. The third-order valence-electron chi connectivity index (χ3n) is 5.81. The number of fused-ring (bicyclic) bond motifs is 1. The van der Waals surface area contributed by atoms with Crippen LogP contribution in [0.25, 0.3) is 33.5 Å². The van der Waals surface area contributed by atoms with Crippen LogP contribution in [0.2, 0.25) is 0 Å². The van der Waals surface area contributed by atoms with Crippen molar-refractivity contribution in [2.24, 2.45) is 0 Å². The van der Waals surface area contributed by atoms with Gasteiger partial charge in [0, 0.05) is 17.8 Å². The lowest BCUT2D eigenvalue weighted by Gasteiger charge is -2.13. The highest BCUT2D eigenvalue weighted by Crippen LogP contribution is 2.30. The Morgan fingerprint density at radius 1 is 0.972 bits per heavy atom. The minimum atomic E-state index is -0.443. The van der Waals surface area contributed by atoms with Crippen LogP contribution in [0.15, 0.2) is 66.7 Å². The number of rotatable bonds is 8. The number of aryl methyl sites for hydroxylation is 1. The first-order valence-electron chi connectivity index (χ1n) is 11.8. The molecule has 5 rings (SSSR count). The average molecular weight is 480 g/mol. The highest BCUT2D eigenvalue weighted by atomic mass is 16.5. The summed E-state index contributed by atoms with van der Waals surface area (Å²) in [5.74, 6) is 0.115. The van der Waals surface area contributed by atoms with E-state index >= 15 is 0 Å². The van der Waals surface area contributed by atoms with E-state index in [2.05, 4.69) is 67.1 Å². The van der Waals surface area contributed by atoms with Gasteiger partial charge >= 0.3 is 5.97 Å². The van der Waals surface area contributed by atoms with Crippen LogP contribution in [0.1, 0.15) is 35.6 Å². The number of tetrazole rings is 1. The molecule has 0 aliphatic rings. The fraction of sp³-hybridized carbons (Fsp3) is 0.185. The Hall–Kier alpha value is -4.66. The normalized spacial score (nSPS) is 10.9. The summed E-state index contributed by atoms with van der Waals surface area (Å²) in [6, 6.07) is 21.7. The molecule has 0 spiro atoms. The minimum Gasteiger partial charge on any atom is -0.461 e.